The first kappa shape index (κ1) is 24.1. The smallest absolute Gasteiger partial charge is 0.434 e. The Bertz CT molecular complexity index is 702. The van der Waals surface area contributed by atoms with Crippen LogP contribution in [0.2, 0.25) is 0 Å². The fourth-order valence-electron chi connectivity index (χ4n) is 9.06. The molecule has 4 aliphatic carbocycles. The van der Waals surface area contributed by atoms with Crippen LogP contribution in [-0.2, 0) is 14.3 Å². The van der Waals surface area contributed by atoms with E-state index in [-0.39, 0.29) is 17.9 Å². The van der Waals surface area contributed by atoms with E-state index in [0.717, 1.165) is 36.0 Å². The number of hydrogen-bond donors (Lipinski definition) is 0. The van der Waals surface area contributed by atoms with E-state index < -0.39 is 12.1 Å². The molecule has 4 fully saturated rings. The van der Waals surface area contributed by atoms with E-state index >= 15 is 0 Å². The highest BCUT2D eigenvalue weighted by molar-refractivity contribution is 5.82. The molecular formula is C28H46O4. The van der Waals surface area contributed by atoms with Gasteiger partial charge in [0.05, 0.1) is 6.61 Å². The van der Waals surface area contributed by atoms with Gasteiger partial charge in [-0.05, 0) is 97.2 Å². The van der Waals surface area contributed by atoms with E-state index in [4.69, 9.17) is 9.47 Å². The molecule has 0 bridgehead atoms. The predicted octanol–water partition coefficient (Wildman–Crippen LogP) is 7.40. The molecule has 4 saturated carbocycles. The molecule has 0 saturated heterocycles. The third-order valence-electron chi connectivity index (χ3n) is 10.6. The van der Waals surface area contributed by atoms with Crippen LogP contribution in [0.3, 0.4) is 0 Å². The largest absolute Gasteiger partial charge is 0.516 e. The second-order valence-corrected chi connectivity index (χ2v) is 12.6. The maximum Gasteiger partial charge on any atom is 0.516 e. The molecule has 8 atom stereocenters. The molecular weight excluding hydrogens is 400 g/mol. The molecule has 6 unspecified atom stereocenters. The SMILES string of the molecule is CC[C@H]1CC2C3CCC(CC(=O)OC(=O)OCC(C)C)C3(C)CC[C@@H]2C2(C)CCCCC12. The summed E-state index contributed by atoms with van der Waals surface area (Å²) < 4.78 is 10.1. The average Bonchev–Trinajstić information content (AvgIpc) is 3.07. The average molecular weight is 447 g/mol. The van der Waals surface area contributed by atoms with Crippen LogP contribution < -0.4 is 0 Å². The lowest BCUT2D eigenvalue weighted by molar-refractivity contribution is -0.147. The van der Waals surface area contributed by atoms with Crippen LogP contribution in [0.5, 0.6) is 0 Å². The van der Waals surface area contributed by atoms with Gasteiger partial charge in [0.25, 0.3) is 0 Å². The molecule has 0 spiro atoms. The van der Waals surface area contributed by atoms with Gasteiger partial charge in [-0.25, -0.2) is 4.79 Å². The number of fused-ring (bicyclic) bond motifs is 5. The van der Waals surface area contributed by atoms with Crippen LogP contribution in [0.15, 0.2) is 0 Å². The molecule has 0 N–H and O–H groups in total. The highest BCUT2D eigenvalue weighted by Crippen LogP contribution is 2.69. The minimum absolute atomic E-state index is 0.207. The first-order chi connectivity index (χ1) is 15.2. The summed E-state index contributed by atoms with van der Waals surface area (Å²) in [5.41, 5.74) is 0.735. The third-order valence-corrected chi connectivity index (χ3v) is 10.6. The van der Waals surface area contributed by atoms with Crippen molar-refractivity contribution in [3.8, 4) is 0 Å². The Kier molecular flexibility index (Phi) is 6.99. The van der Waals surface area contributed by atoms with Crippen LogP contribution >= 0.6 is 0 Å². The fraction of sp³-hybridized carbons (Fsp3) is 0.929. The van der Waals surface area contributed by atoms with Crippen LogP contribution in [0, 0.1) is 52.3 Å². The number of esters is 1. The van der Waals surface area contributed by atoms with E-state index in [1.807, 2.05) is 13.8 Å². The molecule has 4 aliphatic rings. The molecule has 32 heavy (non-hydrogen) atoms. The minimum atomic E-state index is -0.832. The summed E-state index contributed by atoms with van der Waals surface area (Å²) in [5, 5.41) is 0. The summed E-state index contributed by atoms with van der Waals surface area (Å²) in [6, 6.07) is 0. The van der Waals surface area contributed by atoms with Gasteiger partial charge in [-0.1, -0.05) is 53.9 Å². The molecule has 0 radical (unpaired) electrons. The summed E-state index contributed by atoms with van der Waals surface area (Å²) in [4.78, 5) is 24.4. The van der Waals surface area contributed by atoms with Gasteiger partial charge in [-0.2, -0.15) is 0 Å². The van der Waals surface area contributed by atoms with Crippen molar-refractivity contribution < 1.29 is 19.1 Å². The van der Waals surface area contributed by atoms with E-state index in [0.29, 0.717) is 17.8 Å². The maximum atomic E-state index is 12.6. The molecule has 4 heteroatoms. The Balaban J connectivity index is 1.44. The Morgan fingerprint density at radius 3 is 2.41 bits per heavy atom. The Morgan fingerprint density at radius 1 is 0.938 bits per heavy atom. The molecule has 4 nitrogen and oxygen atoms in total. The van der Waals surface area contributed by atoms with E-state index in [2.05, 4.69) is 20.8 Å². The summed E-state index contributed by atoms with van der Waals surface area (Å²) >= 11 is 0. The Morgan fingerprint density at radius 2 is 1.69 bits per heavy atom. The lowest BCUT2D eigenvalue weighted by atomic mass is 9.42. The first-order valence-corrected chi connectivity index (χ1v) is 13.6. The number of rotatable bonds is 5. The van der Waals surface area contributed by atoms with Crippen molar-refractivity contribution in [3.05, 3.63) is 0 Å². The van der Waals surface area contributed by atoms with Gasteiger partial charge < -0.3 is 9.47 Å². The molecule has 0 aromatic carbocycles. The van der Waals surface area contributed by atoms with Gasteiger partial charge >= 0.3 is 12.1 Å². The predicted molar refractivity (Wildman–Crippen MR) is 126 cm³/mol. The molecule has 0 aliphatic heterocycles. The van der Waals surface area contributed by atoms with Crippen molar-refractivity contribution in [2.75, 3.05) is 6.61 Å². The second kappa shape index (κ2) is 9.29. The van der Waals surface area contributed by atoms with E-state index in [1.54, 1.807) is 0 Å². The van der Waals surface area contributed by atoms with Crippen LogP contribution in [0.1, 0.15) is 105 Å². The highest BCUT2D eigenvalue weighted by atomic mass is 16.7. The first-order valence-electron chi connectivity index (χ1n) is 13.6. The van der Waals surface area contributed by atoms with Gasteiger partial charge in [0.2, 0.25) is 0 Å². The molecule has 0 aromatic heterocycles. The number of ether oxygens (including phenoxy) is 2. The summed E-state index contributed by atoms with van der Waals surface area (Å²) in [6.07, 6.45) is 12.9. The fourth-order valence-corrected chi connectivity index (χ4v) is 9.06. The lowest BCUT2D eigenvalue weighted by Gasteiger charge is -2.62. The minimum Gasteiger partial charge on any atom is -0.434 e. The van der Waals surface area contributed by atoms with E-state index in [1.165, 1.54) is 57.8 Å². The zero-order valence-corrected chi connectivity index (χ0v) is 21.2. The molecule has 0 aromatic rings. The van der Waals surface area contributed by atoms with Crippen molar-refractivity contribution in [1.82, 2.24) is 0 Å². The van der Waals surface area contributed by atoms with Gasteiger partial charge in [-0.3, -0.25) is 4.79 Å². The number of carbonyl (C=O) groups excluding carboxylic acids is 2. The Hall–Kier alpha value is -1.06. The summed E-state index contributed by atoms with van der Waals surface area (Å²) in [7, 11) is 0. The van der Waals surface area contributed by atoms with Gasteiger partial charge in [0.15, 0.2) is 0 Å². The molecule has 0 heterocycles. The zero-order valence-electron chi connectivity index (χ0n) is 21.2. The van der Waals surface area contributed by atoms with Crippen LogP contribution in [0.4, 0.5) is 4.79 Å². The topological polar surface area (TPSA) is 52.6 Å². The van der Waals surface area contributed by atoms with Crippen molar-refractivity contribution in [1.29, 1.82) is 0 Å². The number of hydrogen-bond acceptors (Lipinski definition) is 4. The van der Waals surface area contributed by atoms with Crippen molar-refractivity contribution in [2.45, 2.75) is 105 Å². The quantitative estimate of drug-likeness (QED) is 0.326. The third kappa shape index (κ3) is 4.25. The summed E-state index contributed by atoms with van der Waals surface area (Å²) in [6.45, 7) is 11.7. The normalized spacial score (nSPS) is 43.2. The lowest BCUT2D eigenvalue weighted by Crippen LogP contribution is -2.55. The zero-order chi connectivity index (χ0) is 23.1. The molecule has 182 valence electrons. The maximum absolute atomic E-state index is 12.6. The van der Waals surface area contributed by atoms with Crippen molar-refractivity contribution in [3.63, 3.8) is 0 Å². The Labute approximate surface area is 195 Å². The van der Waals surface area contributed by atoms with Gasteiger partial charge in [0.1, 0.15) is 0 Å². The van der Waals surface area contributed by atoms with E-state index in [9.17, 15) is 9.59 Å². The molecule has 4 rings (SSSR count). The van der Waals surface area contributed by atoms with Crippen molar-refractivity contribution >= 4 is 12.1 Å². The monoisotopic (exact) mass is 446 g/mol. The van der Waals surface area contributed by atoms with Crippen LogP contribution in [-0.4, -0.2) is 18.7 Å². The second-order valence-electron chi connectivity index (χ2n) is 12.6. The standard InChI is InChI=1S/C28H46O4/c1-6-19-15-21-23-11-10-20(16-25(29)32-26(30)31-17-18(2)3)27(23,4)14-12-24(21)28(5)13-8-7-9-22(19)28/h18-24H,6-17H2,1-5H3/t19-,20?,21?,22?,23?,24-,27?,28?/m0/s1. The van der Waals surface area contributed by atoms with Gasteiger partial charge in [-0.15, -0.1) is 0 Å². The van der Waals surface area contributed by atoms with Gasteiger partial charge in [0, 0.05) is 6.42 Å². The number of carbonyl (C=O) groups is 2. The van der Waals surface area contributed by atoms with Crippen LogP contribution in [0.25, 0.3) is 0 Å². The molecule has 0 amide bonds. The summed E-state index contributed by atoms with van der Waals surface area (Å²) in [5.74, 6) is 4.37. The van der Waals surface area contributed by atoms with Crippen molar-refractivity contribution in [2.24, 2.45) is 52.3 Å². The highest BCUT2D eigenvalue weighted by Gasteiger charge is 2.61.